The van der Waals surface area contributed by atoms with Crippen LogP contribution in [-0.2, 0) is 11.2 Å². The zero-order valence-electron chi connectivity index (χ0n) is 13.9. The number of fused-ring (bicyclic) bond motifs is 1. The average molecular weight is 360 g/mol. The molecule has 0 bridgehead atoms. The zero-order valence-corrected chi connectivity index (χ0v) is 14.7. The van der Waals surface area contributed by atoms with Gasteiger partial charge in [0.15, 0.2) is 0 Å². The van der Waals surface area contributed by atoms with Crippen molar-refractivity contribution in [3.05, 3.63) is 40.7 Å². The van der Waals surface area contributed by atoms with Gasteiger partial charge in [0.05, 0.1) is 6.04 Å². The zero-order chi connectivity index (χ0) is 17.2. The molecular formula is C18H21FN4OS. The van der Waals surface area contributed by atoms with E-state index in [9.17, 15) is 9.18 Å². The molecule has 2 aromatic rings. The van der Waals surface area contributed by atoms with Crippen LogP contribution < -0.4 is 10.6 Å². The molecule has 2 N–H and O–H groups in total. The highest BCUT2D eigenvalue weighted by Gasteiger charge is 2.38. The number of anilines is 1. The quantitative estimate of drug-likeness (QED) is 0.879. The summed E-state index contributed by atoms with van der Waals surface area (Å²) in [5.74, 6) is 0.333. The van der Waals surface area contributed by atoms with Gasteiger partial charge in [-0.3, -0.25) is 10.1 Å². The Labute approximate surface area is 150 Å². The van der Waals surface area contributed by atoms with E-state index < -0.39 is 0 Å². The second-order valence-electron chi connectivity index (χ2n) is 6.86. The van der Waals surface area contributed by atoms with Crippen molar-refractivity contribution in [1.82, 2.24) is 15.5 Å². The van der Waals surface area contributed by atoms with Crippen molar-refractivity contribution in [1.29, 1.82) is 0 Å². The lowest BCUT2D eigenvalue weighted by Gasteiger charge is -2.24. The predicted molar refractivity (Wildman–Crippen MR) is 95.0 cm³/mol. The van der Waals surface area contributed by atoms with Crippen molar-refractivity contribution in [2.24, 2.45) is 5.92 Å². The van der Waals surface area contributed by atoms with Gasteiger partial charge in [-0.15, -0.1) is 10.2 Å². The van der Waals surface area contributed by atoms with Crippen LogP contribution >= 0.6 is 11.3 Å². The van der Waals surface area contributed by atoms with Crippen molar-refractivity contribution in [3.8, 4) is 0 Å². The summed E-state index contributed by atoms with van der Waals surface area (Å²) in [6, 6.07) is 6.97. The molecule has 2 aliphatic rings. The highest BCUT2D eigenvalue weighted by Crippen LogP contribution is 2.33. The number of hydrogen-bond acceptors (Lipinski definition) is 5. The molecule has 0 spiro atoms. The number of carbonyl (C=O) groups excluding carboxylic acids is 1. The van der Waals surface area contributed by atoms with Gasteiger partial charge < -0.3 is 5.32 Å². The van der Waals surface area contributed by atoms with Crippen LogP contribution in [0, 0.1) is 11.7 Å². The Hall–Kier alpha value is -1.86. The molecule has 1 aromatic heterocycles. The number of amides is 1. The normalized spacial score (nSPS) is 25.6. The summed E-state index contributed by atoms with van der Waals surface area (Å²) in [5.41, 5.74) is 0.582. The number of halogens is 1. The summed E-state index contributed by atoms with van der Waals surface area (Å²) >= 11 is 1.30. The van der Waals surface area contributed by atoms with Gasteiger partial charge in [0.25, 0.3) is 0 Å². The molecule has 3 unspecified atom stereocenters. The Bertz CT molecular complexity index is 751. The highest BCUT2D eigenvalue weighted by atomic mass is 32.1. The summed E-state index contributed by atoms with van der Waals surface area (Å²) in [6.45, 7) is 0. The predicted octanol–water partition coefficient (Wildman–Crippen LogP) is 3.13. The van der Waals surface area contributed by atoms with E-state index in [0.29, 0.717) is 34.1 Å². The summed E-state index contributed by atoms with van der Waals surface area (Å²) in [7, 11) is 0. The minimum absolute atomic E-state index is 0.0389. The standard InChI is InChI=1S/C18H21FN4OS/c19-13-7-3-1-5-11(13)10-16-22-23-18(25-16)21-17(24)15-9-12-6-2-4-8-14(12)20-15/h1,3,5,7,12,14-15,20H,2,4,6,8-10H2,(H,21,23,24). The Morgan fingerprint density at radius 2 is 2.12 bits per heavy atom. The molecule has 132 valence electrons. The lowest BCUT2D eigenvalue weighted by atomic mass is 9.85. The SMILES string of the molecule is O=C(Nc1nnc(Cc2ccccc2F)s1)C1CC2CCCCC2N1. The van der Waals surface area contributed by atoms with Gasteiger partial charge in [-0.2, -0.15) is 0 Å². The molecule has 1 aliphatic heterocycles. The van der Waals surface area contributed by atoms with Crippen LogP contribution in [-0.4, -0.2) is 28.2 Å². The third-order valence-corrected chi connectivity index (χ3v) is 6.01. The average Bonchev–Trinajstić information content (AvgIpc) is 3.23. The third kappa shape index (κ3) is 3.72. The van der Waals surface area contributed by atoms with Gasteiger partial charge in [0.1, 0.15) is 10.8 Å². The van der Waals surface area contributed by atoms with E-state index in [1.54, 1.807) is 18.2 Å². The van der Waals surface area contributed by atoms with E-state index in [2.05, 4.69) is 20.8 Å². The van der Waals surface area contributed by atoms with Gasteiger partial charge in [0, 0.05) is 12.5 Å². The van der Waals surface area contributed by atoms with Crippen molar-refractivity contribution >= 4 is 22.4 Å². The van der Waals surface area contributed by atoms with Crippen LogP contribution in [0.3, 0.4) is 0 Å². The smallest absolute Gasteiger partial charge is 0.243 e. The Balaban J connectivity index is 1.36. The molecule has 1 aliphatic carbocycles. The third-order valence-electron chi connectivity index (χ3n) is 5.18. The first-order valence-corrected chi connectivity index (χ1v) is 9.63. The molecule has 5 nitrogen and oxygen atoms in total. The molecule has 0 radical (unpaired) electrons. The summed E-state index contributed by atoms with van der Waals surface area (Å²) in [4.78, 5) is 12.5. The Morgan fingerprint density at radius 3 is 2.96 bits per heavy atom. The molecule has 3 atom stereocenters. The fourth-order valence-corrected chi connectivity index (χ4v) is 4.66. The van der Waals surface area contributed by atoms with Crippen molar-refractivity contribution < 1.29 is 9.18 Å². The molecular weight excluding hydrogens is 339 g/mol. The maximum atomic E-state index is 13.7. The first-order chi connectivity index (χ1) is 12.2. The molecule has 1 saturated carbocycles. The molecule has 2 heterocycles. The molecule has 1 saturated heterocycles. The second kappa shape index (κ2) is 7.17. The van der Waals surface area contributed by atoms with Crippen molar-refractivity contribution in [2.45, 2.75) is 50.6 Å². The van der Waals surface area contributed by atoms with E-state index in [1.807, 2.05) is 0 Å². The topological polar surface area (TPSA) is 66.9 Å². The fraction of sp³-hybridized carbons (Fsp3) is 0.500. The van der Waals surface area contributed by atoms with E-state index in [0.717, 1.165) is 6.42 Å². The molecule has 1 amide bonds. The van der Waals surface area contributed by atoms with Crippen LogP contribution in [0.15, 0.2) is 24.3 Å². The van der Waals surface area contributed by atoms with Gasteiger partial charge in [-0.05, 0) is 36.8 Å². The first-order valence-electron chi connectivity index (χ1n) is 8.82. The van der Waals surface area contributed by atoms with E-state index >= 15 is 0 Å². The molecule has 25 heavy (non-hydrogen) atoms. The summed E-state index contributed by atoms with van der Waals surface area (Å²) in [6.07, 6.45) is 6.18. The Kier molecular flexibility index (Phi) is 4.76. The molecule has 1 aromatic carbocycles. The van der Waals surface area contributed by atoms with Crippen LogP contribution in [0.5, 0.6) is 0 Å². The second-order valence-corrected chi connectivity index (χ2v) is 7.93. The maximum Gasteiger partial charge on any atom is 0.243 e. The molecule has 4 rings (SSSR count). The highest BCUT2D eigenvalue weighted by molar-refractivity contribution is 7.15. The van der Waals surface area contributed by atoms with Gasteiger partial charge in [-0.25, -0.2) is 4.39 Å². The van der Waals surface area contributed by atoms with Crippen molar-refractivity contribution in [3.63, 3.8) is 0 Å². The number of nitrogens with one attached hydrogen (secondary N) is 2. The number of carbonyl (C=O) groups is 1. The van der Waals surface area contributed by atoms with E-state index in [4.69, 9.17) is 0 Å². The Morgan fingerprint density at radius 1 is 1.28 bits per heavy atom. The number of nitrogens with zero attached hydrogens (tertiary/aromatic N) is 2. The monoisotopic (exact) mass is 360 g/mol. The van der Waals surface area contributed by atoms with Gasteiger partial charge in [-0.1, -0.05) is 42.4 Å². The van der Waals surface area contributed by atoms with Gasteiger partial charge >= 0.3 is 0 Å². The number of aromatic nitrogens is 2. The van der Waals surface area contributed by atoms with Crippen LogP contribution in [0.4, 0.5) is 9.52 Å². The van der Waals surface area contributed by atoms with E-state index in [-0.39, 0.29) is 17.8 Å². The number of rotatable bonds is 4. The van der Waals surface area contributed by atoms with Crippen molar-refractivity contribution in [2.75, 3.05) is 5.32 Å². The van der Waals surface area contributed by atoms with Crippen LogP contribution in [0.1, 0.15) is 42.7 Å². The lowest BCUT2D eigenvalue weighted by molar-refractivity contribution is -0.117. The minimum atomic E-state index is -0.249. The lowest BCUT2D eigenvalue weighted by Crippen LogP contribution is -2.39. The maximum absolute atomic E-state index is 13.7. The number of benzene rings is 1. The van der Waals surface area contributed by atoms with Crippen LogP contribution in [0.25, 0.3) is 0 Å². The molecule has 7 heteroatoms. The minimum Gasteiger partial charge on any atom is -0.303 e. The number of hydrogen-bond donors (Lipinski definition) is 2. The van der Waals surface area contributed by atoms with Crippen LogP contribution in [0.2, 0.25) is 0 Å². The van der Waals surface area contributed by atoms with Gasteiger partial charge in [0.2, 0.25) is 11.0 Å². The molecule has 2 fully saturated rings. The fourth-order valence-electron chi connectivity index (χ4n) is 3.89. The summed E-state index contributed by atoms with van der Waals surface area (Å²) < 4.78 is 13.7. The first kappa shape index (κ1) is 16.6. The summed E-state index contributed by atoms with van der Waals surface area (Å²) in [5, 5.41) is 15.6. The largest absolute Gasteiger partial charge is 0.303 e. The van der Waals surface area contributed by atoms with E-state index in [1.165, 1.54) is 43.1 Å².